The van der Waals surface area contributed by atoms with Crippen LogP contribution in [0.15, 0.2) is 30.9 Å². The zero-order chi connectivity index (χ0) is 14.1. The number of aromatic nitrogens is 5. The molecule has 3 aromatic heterocycles. The molecule has 20 heavy (non-hydrogen) atoms. The molecule has 0 spiro atoms. The first-order chi connectivity index (χ1) is 9.65. The molecule has 0 saturated heterocycles. The highest BCUT2D eigenvalue weighted by molar-refractivity contribution is 6.20. The van der Waals surface area contributed by atoms with E-state index in [0.29, 0.717) is 6.54 Å². The van der Waals surface area contributed by atoms with Gasteiger partial charge in [0.15, 0.2) is 5.65 Å². The first-order valence-corrected chi connectivity index (χ1v) is 6.80. The summed E-state index contributed by atoms with van der Waals surface area (Å²) in [6.45, 7) is 4.49. The van der Waals surface area contributed by atoms with E-state index in [1.807, 2.05) is 36.7 Å². The van der Waals surface area contributed by atoms with Gasteiger partial charge in [0.25, 0.3) is 0 Å². The molecule has 0 aliphatic rings. The van der Waals surface area contributed by atoms with E-state index < -0.39 is 0 Å². The summed E-state index contributed by atoms with van der Waals surface area (Å²) in [5.41, 5.74) is 3.68. The van der Waals surface area contributed by atoms with Crippen LogP contribution in [0.5, 0.6) is 0 Å². The third-order valence-corrected chi connectivity index (χ3v) is 3.27. The van der Waals surface area contributed by atoms with Crippen molar-refractivity contribution < 1.29 is 0 Å². The molecule has 0 aliphatic carbocycles. The van der Waals surface area contributed by atoms with Crippen molar-refractivity contribution >= 4 is 22.8 Å². The summed E-state index contributed by atoms with van der Waals surface area (Å²) in [6, 6.07) is 3.89. The minimum absolute atomic E-state index is 0.189. The Kier molecular flexibility index (Phi) is 3.36. The van der Waals surface area contributed by atoms with Crippen LogP contribution in [0.1, 0.15) is 29.4 Å². The number of halogens is 1. The first kappa shape index (κ1) is 13.0. The van der Waals surface area contributed by atoms with Crippen molar-refractivity contribution in [1.29, 1.82) is 0 Å². The smallest absolute Gasteiger partial charge is 0.160 e. The lowest BCUT2D eigenvalue weighted by atomic mass is 10.3. The van der Waals surface area contributed by atoms with E-state index in [0.717, 1.165) is 28.2 Å². The van der Waals surface area contributed by atoms with Crippen molar-refractivity contribution in [2.24, 2.45) is 0 Å². The number of rotatable bonds is 3. The van der Waals surface area contributed by atoms with Gasteiger partial charge in [-0.25, -0.2) is 19.9 Å². The number of pyridine rings is 1. The Morgan fingerprint density at radius 1 is 1.35 bits per heavy atom. The van der Waals surface area contributed by atoms with E-state index in [-0.39, 0.29) is 5.38 Å². The summed E-state index contributed by atoms with van der Waals surface area (Å²) in [6.07, 6.45) is 5.10. The highest BCUT2D eigenvalue weighted by Gasteiger charge is 2.16. The van der Waals surface area contributed by atoms with Crippen molar-refractivity contribution in [2.75, 3.05) is 0 Å². The molecule has 3 heterocycles. The Bertz CT molecular complexity index is 736. The summed E-state index contributed by atoms with van der Waals surface area (Å²) >= 11 is 6.24. The van der Waals surface area contributed by atoms with Gasteiger partial charge in [-0.15, -0.1) is 11.6 Å². The minimum atomic E-state index is -0.189. The zero-order valence-corrected chi connectivity index (χ0v) is 12.0. The second kappa shape index (κ2) is 5.17. The molecule has 5 nitrogen and oxygen atoms in total. The zero-order valence-electron chi connectivity index (χ0n) is 11.3. The van der Waals surface area contributed by atoms with Gasteiger partial charge in [0.2, 0.25) is 0 Å². The molecule has 0 aliphatic heterocycles. The van der Waals surface area contributed by atoms with E-state index in [2.05, 4.69) is 19.9 Å². The highest BCUT2D eigenvalue weighted by Crippen LogP contribution is 2.24. The molecule has 3 rings (SSSR count). The predicted octanol–water partition coefficient (Wildman–Crippen LogP) is 2.88. The fraction of sp³-hybridized carbons (Fsp3) is 0.286. The minimum Gasteiger partial charge on any atom is -0.305 e. The van der Waals surface area contributed by atoms with Gasteiger partial charge >= 0.3 is 0 Å². The quantitative estimate of drug-likeness (QED) is 0.695. The average molecular weight is 288 g/mol. The van der Waals surface area contributed by atoms with Gasteiger partial charge in [-0.3, -0.25) is 0 Å². The molecule has 0 amide bonds. The Labute approximate surface area is 121 Å². The topological polar surface area (TPSA) is 56.5 Å². The summed E-state index contributed by atoms with van der Waals surface area (Å²) in [5, 5.41) is -0.189. The molecule has 3 aromatic rings. The molecule has 0 fully saturated rings. The molecular weight excluding hydrogens is 274 g/mol. The van der Waals surface area contributed by atoms with Gasteiger partial charge in [-0.1, -0.05) is 0 Å². The molecule has 1 unspecified atom stereocenters. The molecule has 6 heteroatoms. The number of imidazole rings is 1. The van der Waals surface area contributed by atoms with E-state index in [1.165, 1.54) is 6.33 Å². The van der Waals surface area contributed by atoms with Crippen LogP contribution in [0.2, 0.25) is 0 Å². The third-order valence-electron chi connectivity index (χ3n) is 3.07. The molecule has 0 radical (unpaired) electrons. The largest absolute Gasteiger partial charge is 0.305 e. The normalized spacial score (nSPS) is 12.8. The fourth-order valence-electron chi connectivity index (χ4n) is 2.16. The summed E-state index contributed by atoms with van der Waals surface area (Å²) in [5.74, 6) is 0.804. The number of nitrogens with zero attached hydrogens (tertiary/aromatic N) is 5. The molecule has 0 N–H and O–H groups in total. The van der Waals surface area contributed by atoms with Crippen LogP contribution in [0.25, 0.3) is 11.2 Å². The van der Waals surface area contributed by atoms with Crippen molar-refractivity contribution in [3.05, 3.63) is 47.9 Å². The third kappa shape index (κ3) is 2.36. The second-order valence-electron chi connectivity index (χ2n) is 4.73. The number of hydrogen-bond acceptors (Lipinski definition) is 4. The number of alkyl halides is 1. The number of hydrogen-bond donors (Lipinski definition) is 0. The average Bonchev–Trinajstić information content (AvgIpc) is 2.78. The van der Waals surface area contributed by atoms with E-state index in [4.69, 9.17) is 11.6 Å². The van der Waals surface area contributed by atoms with Crippen molar-refractivity contribution in [3.63, 3.8) is 0 Å². The number of aryl methyl sites for hydroxylation is 1. The maximum Gasteiger partial charge on any atom is 0.160 e. The van der Waals surface area contributed by atoms with Crippen LogP contribution in [-0.4, -0.2) is 24.5 Å². The molecular formula is C14H14ClN5. The predicted molar refractivity (Wildman–Crippen MR) is 77.7 cm³/mol. The van der Waals surface area contributed by atoms with Crippen LogP contribution in [-0.2, 0) is 6.54 Å². The summed E-state index contributed by atoms with van der Waals surface area (Å²) in [7, 11) is 0. The maximum atomic E-state index is 6.24. The summed E-state index contributed by atoms with van der Waals surface area (Å²) < 4.78 is 2.01. The van der Waals surface area contributed by atoms with Crippen LogP contribution >= 0.6 is 11.6 Å². The Morgan fingerprint density at radius 2 is 2.20 bits per heavy atom. The van der Waals surface area contributed by atoms with Crippen molar-refractivity contribution in [2.45, 2.75) is 25.8 Å². The molecule has 0 aromatic carbocycles. The van der Waals surface area contributed by atoms with Crippen molar-refractivity contribution in [3.8, 4) is 0 Å². The Hall–Kier alpha value is -2.01. The van der Waals surface area contributed by atoms with E-state index in [9.17, 15) is 0 Å². The second-order valence-corrected chi connectivity index (χ2v) is 5.38. The molecule has 0 saturated carbocycles. The maximum absolute atomic E-state index is 6.24. The van der Waals surface area contributed by atoms with Crippen LogP contribution < -0.4 is 0 Å². The number of fused-ring (bicyclic) bond motifs is 1. The highest BCUT2D eigenvalue weighted by atomic mass is 35.5. The summed E-state index contributed by atoms with van der Waals surface area (Å²) in [4.78, 5) is 17.2. The van der Waals surface area contributed by atoms with E-state index >= 15 is 0 Å². The molecule has 102 valence electrons. The van der Waals surface area contributed by atoms with Gasteiger partial charge in [-0.2, -0.15) is 0 Å². The molecule has 0 bridgehead atoms. The van der Waals surface area contributed by atoms with Gasteiger partial charge in [0.1, 0.15) is 17.7 Å². The van der Waals surface area contributed by atoms with Crippen molar-refractivity contribution in [1.82, 2.24) is 24.5 Å². The molecule has 1 atom stereocenters. The lowest BCUT2D eigenvalue weighted by molar-refractivity contribution is 0.719. The fourth-order valence-corrected chi connectivity index (χ4v) is 2.33. The SMILES string of the molecule is Cc1cnc2c(c1)nc(C(C)Cl)n2Cc1ccncn1. The van der Waals surface area contributed by atoms with Gasteiger partial charge in [0, 0.05) is 12.4 Å². The van der Waals surface area contributed by atoms with Gasteiger partial charge in [0.05, 0.1) is 17.6 Å². The standard InChI is InChI=1S/C14H14ClN5/c1-9-5-12-14(17-6-9)20(13(19-12)10(2)15)7-11-3-4-16-8-18-11/h3-6,8,10H,7H2,1-2H3. The van der Waals surface area contributed by atoms with Crippen LogP contribution in [0.3, 0.4) is 0 Å². The Balaban J connectivity index is 2.14. The monoisotopic (exact) mass is 287 g/mol. The lowest BCUT2D eigenvalue weighted by Gasteiger charge is -2.09. The van der Waals surface area contributed by atoms with Crippen LogP contribution in [0.4, 0.5) is 0 Å². The Morgan fingerprint density at radius 3 is 2.90 bits per heavy atom. The lowest BCUT2D eigenvalue weighted by Crippen LogP contribution is -2.07. The van der Waals surface area contributed by atoms with E-state index in [1.54, 1.807) is 6.20 Å². The van der Waals surface area contributed by atoms with Gasteiger partial charge in [-0.05, 0) is 31.5 Å². The van der Waals surface area contributed by atoms with Crippen LogP contribution in [0, 0.1) is 6.92 Å². The first-order valence-electron chi connectivity index (χ1n) is 6.37. The van der Waals surface area contributed by atoms with Gasteiger partial charge < -0.3 is 4.57 Å².